The van der Waals surface area contributed by atoms with Gasteiger partial charge in [-0.15, -0.1) is 22.7 Å². The van der Waals surface area contributed by atoms with Crippen molar-refractivity contribution < 1.29 is 32.8 Å². The number of rotatable bonds is 2. The van der Waals surface area contributed by atoms with E-state index >= 15 is 0 Å². The second-order valence-corrected chi connectivity index (χ2v) is 14.1. The molecule has 270 valence electrons. The van der Waals surface area contributed by atoms with Gasteiger partial charge in [0.2, 0.25) is 17.7 Å². The summed E-state index contributed by atoms with van der Waals surface area (Å²) < 4.78 is 11.6. The Kier molecular flexibility index (Phi) is 9.99. The molecule has 0 aliphatic carbocycles. The van der Waals surface area contributed by atoms with Crippen LogP contribution in [0.2, 0.25) is 0 Å². The van der Waals surface area contributed by atoms with Crippen LogP contribution in [0.3, 0.4) is 0 Å². The zero-order chi connectivity index (χ0) is 37.4. The maximum Gasteiger partial charge on any atom is 0.274 e. The molecule has 0 radical (unpaired) electrons. The van der Waals surface area contributed by atoms with E-state index in [2.05, 4.69) is 46.2 Å². The van der Waals surface area contributed by atoms with Gasteiger partial charge in [-0.3, -0.25) is 24.0 Å². The molecule has 5 aromatic rings. The molecule has 0 saturated carbocycles. The molecule has 52 heavy (non-hydrogen) atoms. The summed E-state index contributed by atoms with van der Waals surface area (Å²) >= 11 is 2.33. The summed E-state index contributed by atoms with van der Waals surface area (Å²) in [6, 6.07) is 0.763. The molecule has 0 spiro atoms. The topological polar surface area (TPSA) is 250 Å². The van der Waals surface area contributed by atoms with Crippen molar-refractivity contribution in [2.45, 2.75) is 66.2 Å². The lowest BCUT2D eigenvalue weighted by atomic mass is 10.0. The molecule has 0 aromatic carbocycles. The van der Waals surface area contributed by atoms with E-state index in [9.17, 15) is 24.0 Å². The highest BCUT2D eigenvalue weighted by atomic mass is 32.1. The molecule has 0 saturated heterocycles. The van der Waals surface area contributed by atoms with E-state index in [0.29, 0.717) is 21.3 Å². The van der Waals surface area contributed by atoms with Crippen LogP contribution in [0.25, 0.3) is 22.0 Å². The van der Waals surface area contributed by atoms with Gasteiger partial charge in [-0.05, 0) is 45.7 Å². The normalized spacial score (nSPS) is 18.6. The number of thiazole rings is 2. The summed E-state index contributed by atoms with van der Waals surface area (Å²) in [6.45, 7) is 10.0. The lowest BCUT2D eigenvalue weighted by Gasteiger charge is -2.20. The minimum atomic E-state index is -0.954. The molecule has 5 aromatic heterocycles. The minimum absolute atomic E-state index is 0.0252. The maximum atomic E-state index is 13.4. The molecule has 0 unspecified atom stereocenters. The van der Waals surface area contributed by atoms with Crippen LogP contribution in [0, 0.1) is 19.8 Å². The summed E-state index contributed by atoms with van der Waals surface area (Å²) in [5.41, 5.74) is 6.62. The van der Waals surface area contributed by atoms with Gasteiger partial charge in [0.15, 0.2) is 5.69 Å². The smallest absolute Gasteiger partial charge is 0.274 e. The van der Waals surface area contributed by atoms with Crippen LogP contribution in [-0.4, -0.2) is 60.5 Å². The fourth-order valence-electron chi connectivity index (χ4n) is 5.28. The van der Waals surface area contributed by atoms with Crippen molar-refractivity contribution in [1.82, 2.24) is 46.2 Å². The molecule has 17 nitrogen and oxygen atoms in total. The van der Waals surface area contributed by atoms with Crippen molar-refractivity contribution in [2.75, 3.05) is 0 Å². The van der Waals surface area contributed by atoms with Crippen molar-refractivity contribution >= 4 is 52.2 Å². The summed E-state index contributed by atoms with van der Waals surface area (Å²) in [6.07, 6.45) is 0. The number of pyridine rings is 1. The van der Waals surface area contributed by atoms with Crippen molar-refractivity contribution in [2.24, 2.45) is 11.7 Å². The van der Waals surface area contributed by atoms with Gasteiger partial charge in [-0.1, -0.05) is 13.8 Å². The SMILES string of the molecule is Cc1oc2nc1C(=O)N[C@@H](C)c1nc(cs1)C(=O)N[C@@H](C)c1nc(c(C)o1)-c1nc(C(N)=O)ccc1-c1nc(cs1)C(=O)N[C@@H](C(C)C)C(=O)NC2. The number of hydrogen-bond acceptors (Lipinski definition) is 14. The van der Waals surface area contributed by atoms with Crippen LogP contribution < -0.4 is 27.0 Å². The number of aryl methyl sites for hydroxylation is 2. The van der Waals surface area contributed by atoms with E-state index in [1.54, 1.807) is 53.0 Å². The monoisotopic (exact) mass is 746 g/mol. The number of nitrogens with zero attached hydrogens (tertiary/aromatic N) is 5. The quantitative estimate of drug-likeness (QED) is 0.174. The lowest BCUT2D eigenvalue weighted by Crippen LogP contribution is -2.49. The van der Waals surface area contributed by atoms with Crippen LogP contribution in [-0.2, 0) is 11.3 Å². The Labute approximate surface area is 304 Å². The van der Waals surface area contributed by atoms with E-state index in [1.807, 2.05) is 0 Å². The number of carbonyl (C=O) groups excluding carboxylic acids is 5. The third-order valence-corrected chi connectivity index (χ3v) is 9.95. The molecular formula is C33H34N10O7S2. The van der Waals surface area contributed by atoms with Gasteiger partial charge < -0.3 is 35.8 Å². The zero-order valence-corrected chi connectivity index (χ0v) is 30.4. The number of oxazole rings is 2. The molecule has 5 amide bonds. The van der Waals surface area contributed by atoms with Crippen LogP contribution in [0.15, 0.2) is 31.7 Å². The minimum Gasteiger partial charge on any atom is -0.443 e. The van der Waals surface area contributed by atoms with Gasteiger partial charge >= 0.3 is 0 Å². The molecule has 19 heteroatoms. The molecule has 1 aliphatic heterocycles. The van der Waals surface area contributed by atoms with E-state index < -0.39 is 47.7 Å². The van der Waals surface area contributed by atoms with Crippen LogP contribution in [0.4, 0.5) is 0 Å². The first-order chi connectivity index (χ1) is 24.7. The van der Waals surface area contributed by atoms with Gasteiger partial charge in [0, 0.05) is 16.3 Å². The van der Waals surface area contributed by atoms with E-state index in [0.717, 1.165) is 11.3 Å². The third kappa shape index (κ3) is 7.31. The van der Waals surface area contributed by atoms with Crippen molar-refractivity contribution in [3.63, 3.8) is 0 Å². The average Bonchev–Trinajstić information content (AvgIpc) is 3.91. The van der Waals surface area contributed by atoms with E-state index in [-0.39, 0.29) is 64.2 Å². The zero-order valence-electron chi connectivity index (χ0n) is 28.8. The first kappa shape index (κ1) is 36.0. The summed E-state index contributed by atoms with van der Waals surface area (Å²) in [5.74, 6) is -2.42. The summed E-state index contributed by atoms with van der Waals surface area (Å²) in [4.78, 5) is 87.5. The van der Waals surface area contributed by atoms with Crippen molar-refractivity contribution in [3.05, 3.63) is 74.0 Å². The van der Waals surface area contributed by atoms with E-state index in [4.69, 9.17) is 14.6 Å². The number of hydrogen-bond donors (Lipinski definition) is 5. The van der Waals surface area contributed by atoms with Crippen LogP contribution >= 0.6 is 22.7 Å². The Bertz CT molecular complexity index is 2220. The van der Waals surface area contributed by atoms with Gasteiger partial charge in [0.25, 0.3) is 23.6 Å². The van der Waals surface area contributed by atoms with E-state index in [1.165, 1.54) is 22.8 Å². The predicted molar refractivity (Wildman–Crippen MR) is 187 cm³/mol. The first-order valence-electron chi connectivity index (χ1n) is 16.1. The molecule has 6 N–H and O–H groups in total. The summed E-state index contributed by atoms with van der Waals surface area (Å²) in [5, 5.41) is 15.0. The predicted octanol–water partition coefficient (Wildman–Crippen LogP) is 3.39. The van der Waals surface area contributed by atoms with Gasteiger partial charge in [0.1, 0.15) is 62.1 Å². The highest BCUT2D eigenvalue weighted by Gasteiger charge is 2.29. The number of nitrogens with one attached hydrogen (secondary N) is 4. The fraction of sp³-hybridized carbons (Fsp3) is 0.333. The average molecular weight is 747 g/mol. The molecule has 8 bridgehead atoms. The molecule has 1 aliphatic rings. The number of carbonyl (C=O) groups is 5. The number of nitrogens with two attached hydrogens (primary N) is 1. The van der Waals surface area contributed by atoms with Gasteiger partial charge in [0.05, 0.1) is 12.6 Å². The van der Waals surface area contributed by atoms with Gasteiger partial charge in [-0.2, -0.15) is 0 Å². The Morgan fingerprint density at radius 1 is 0.808 bits per heavy atom. The highest BCUT2D eigenvalue weighted by Crippen LogP contribution is 2.35. The molecule has 6 rings (SSSR count). The number of primary amides is 1. The van der Waals surface area contributed by atoms with Crippen LogP contribution in [0.1, 0.15) is 110 Å². The van der Waals surface area contributed by atoms with Gasteiger partial charge in [-0.25, -0.2) is 24.9 Å². The maximum absolute atomic E-state index is 13.4. The highest BCUT2D eigenvalue weighted by molar-refractivity contribution is 7.13. The third-order valence-electron chi connectivity index (χ3n) is 8.05. The largest absolute Gasteiger partial charge is 0.443 e. The number of aromatic nitrogens is 5. The molecule has 3 atom stereocenters. The first-order valence-corrected chi connectivity index (χ1v) is 17.8. The second kappa shape index (κ2) is 14.4. The Balaban J connectivity index is 1.39. The number of amides is 5. The molecular weight excluding hydrogens is 713 g/mol. The second-order valence-electron chi connectivity index (χ2n) is 12.3. The Morgan fingerprint density at radius 2 is 1.48 bits per heavy atom. The molecule has 6 heterocycles. The van der Waals surface area contributed by atoms with Crippen molar-refractivity contribution in [3.8, 4) is 22.0 Å². The fourth-order valence-corrected chi connectivity index (χ4v) is 6.92. The van der Waals surface area contributed by atoms with Crippen molar-refractivity contribution in [1.29, 1.82) is 0 Å². The Hall–Kier alpha value is -5.82. The molecule has 0 fully saturated rings. The van der Waals surface area contributed by atoms with Crippen LogP contribution in [0.5, 0.6) is 0 Å². The lowest BCUT2D eigenvalue weighted by molar-refractivity contribution is -0.124. The number of fused-ring (bicyclic) bond motifs is 11. The standard InChI is InChI=1S/C33H34N10O7S2/c1-12(2)22-29(47)35-9-21-41-24(16(6)49-21)30(48)37-14(4)32-39-19(10-51-32)27(45)36-13(3)31-43-23(15(5)50-31)25-17(7-8-18(38-25)26(34)44)33-40-20(11-52-33)28(46)42-22/h7-8,10-14,22H,9H2,1-6H3,(H2,34,44)(H,35,47)(H,36,45)(H,37,48)(H,42,46)/t13-,14-,22-/m0/s1. The summed E-state index contributed by atoms with van der Waals surface area (Å²) in [7, 11) is 0. The Morgan fingerprint density at radius 3 is 2.21 bits per heavy atom.